The van der Waals surface area contributed by atoms with Gasteiger partial charge in [-0.1, -0.05) is 25.2 Å². The summed E-state index contributed by atoms with van der Waals surface area (Å²) in [5.74, 6) is -0.361. The SMILES string of the molecule is CCC(C)N(C)c1cccc(F)c1C(N)=S. The zero-order valence-electron chi connectivity index (χ0n) is 9.83. The van der Waals surface area contributed by atoms with Crippen molar-refractivity contribution in [2.45, 2.75) is 26.3 Å². The summed E-state index contributed by atoms with van der Waals surface area (Å²) in [6.07, 6.45) is 0.976. The Morgan fingerprint density at radius 1 is 1.56 bits per heavy atom. The predicted molar refractivity (Wildman–Crippen MR) is 70.4 cm³/mol. The maximum atomic E-state index is 13.6. The van der Waals surface area contributed by atoms with Gasteiger partial charge in [0.1, 0.15) is 10.8 Å². The van der Waals surface area contributed by atoms with Gasteiger partial charge in [-0.15, -0.1) is 0 Å². The average molecular weight is 240 g/mol. The number of hydrogen-bond donors (Lipinski definition) is 1. The van der Waals surface area contributed by atoms with E-state index >= 15 is 0 Å². The van der Waals surface area contributed by atoms with E-state index in [1.54, 1.807) is 6.07 Å². The van der Waals surface area contributed by atoms with Gasteiger partial charge in [-0.05, 0) is 25.5 Å². The standard InChI is InChI=1S/C12H17FN2S/c1-4-8(2)15(3)10-7-5-6-9(13)11(10)12(14)16/h5-8H,4H2,1-3H3,(H2,14,16). The zero-order valence-corrected chi connectivity index (χ0v) is 10.6. The van der Waals surface area contributed by atoms with Crippen molar-refractivity contribution in [3.05, 3.63) is 29.6 Å². The number of benzene rings is 1. The van der Waals surface area contributed by atoms with E-state index < -0.39 is 0 Å². The molecule has 0 aliphatic rings. The number of nitrogens with two attached hydrogens (primary N) is 1. The highest BCUT2D eigenvalue weighted by Gasteiger charge is 2.16. The first kappa shape index (κ1) is 12.9. The van der Waals surface area contributed by atoms with Crippen LogP contribution in [0.4, 0.5) is 10.1 Å². The Morgan fingerprint density at radius 2 is 2.19 bits per heavy atom. The maximum absolute atomic E-state index is 13.6. The Bertz CT molecular complexity index is 393. The molecule has 1 rings (SSSR count). The lowest BCUT2D eigenvalue weighted by Gasteiger charge is -2.28. The van der Waals surface area contributed by atoms with Crippen molar-refractivity contribution in [1.29, 1.82) is 0 Å². The lowest BCUT2D eigenvalue weighted by molar-refractivity contribution is 0.619. The van der Waals surface area contributed by atoms with Gasteiger partial charge in [-0.3, -0.25) is 0 Å². The van der Waals surface area contributed by atoms with E-state index in [0.29, 0.717) is 11.6 Å². The summed E-state index contributed by atoms with van der Waals surface area (Å²) < 4.78 is 13.6. The number of thiocarbonyl (C=S) groups is 1. The molecule has 0 amide bonds. The highest BCUT2D eigenvalue weighted by molar-refractivity contribution is 7.80. The molecule has 0 spiro atoms. The summed E-state index contributed by atoms with van der Waals surface area (Å²) >= 11 is 4.89. The van der Waals surface area contributed by atoms with Crippen LogP contribution in [0.5, 0.6) is 0 Å². The van der Waals surface area contributed by atoms with Crippen LogP contribution in [0.3, 0.4) is 0 Å². The molecule has 0 saturated heterocycles. The molecule has 1 aromatic carbocycles. The second kappa shape index (κ2) is 5.25. The van der Waals surface area contributed by atoms with Crippen LogP contribution in [0.25, 0.3) is 0 Å². The highest BCUT2D eigenvalue weighted by atomic mass is 32.1. The normalized spacial score (nSPS) is 12.2. The van der Waals surface area contributed by atoms with E-state index in [4.69, 9.17) is 18.0 Å². The fourth-order valence-corrected chi connectivity index (χ4v) is 1.76. The molecule has 0 heterocycles. The minimum atomic E-state index is -0.361. The van der Waals surface area contributed by atoms with Crippen molar-refractivity contribution >= 4 is 22.9 Å². The fraction of sp³-hybridized carbons (Fsp3) is 0.417. The molecule has 0 aliphatic carbocycles. The molecule has 0 aromatic heterocycles. The molecule has 1 aromatic rings. The van der Waals surface area contributed by atoms with Gasteiger partial charge in [0.2, 0.25) is 0 Å². The first-order valence-electron chi connectivity index (χ1n) is 5.30. The summed E-state index contributed by atoms with van der Waals surface area (Å²) in [5, 5.41) is 0. The molecule has 1 atom stereocenters. The molecule has 2 nitrogen and oxygen atoms in total. The minimum absolute atomic E-state index is 0.100. The second-order valence-electron chi connectivity index (χ2n) is 3.87. The Balaban J connectivity index is 3.22. The molecule has 0 bridgehead atoms. The summed E-state index contributed by atoms with van der Waals surface area (Å²) in [5.41, 5.74) is 6.64. The van der Waals surface area contributed by atoms with Crippen LogP contribution in [0.15, 0.2) is 18.2 Å². The lowest BCUT2D eigenvalue weighted by atomic mass is 10.1. The Hall–Kier alpha value is -1.16. The fourth-order valence-electron chi connectivity index (χ4n) is 1.56. The van der Waals surface area contributed by atoms with Gasteiger partial charge in [-0.2, -0.15) is 0 Å². The van der Waals surface area contributed by atoms with Gasteiger partial charge in [0, 0.05) is 18.8 Å². The topological polar surface area (TPSA) is 29.3 Å². The first-order chi connectivity index (χ1) is 7.49. The van der Waals surface area contributed by atoms with Crippen LogP contribution in [-0.4, -0.2) is 18.1 Å². The Kier molecular flexibility index (Phi) is 4.24. The smallest absolute Gasteiger partial charge is 0.135 e. The van der Waals surface area contributed by atoms with Gasteiger partial charge < -0.3 is 10.6 Å². The van der Waals surface area contributed by atoms with Crippen molar-refractivity contribution in [1.82, 2.24) is 0 Å². The Labute approximate surface area is 101 Å². The minimum Gasteiger partial charge on any atom is -0.389 e. The van der Waals surface area contributed by atoms with Crippen LogP contribution >= 0.6 is 12.2 Å². The second-order valence-corrected chi connectivity index (χ2v) is 4.31. The quantitative estimate of drug-likeness (QED) is 0.820. The molecular weight excluding hydrogens is 223 g/mol. The predicted octanol–water partition coefficient (Wildman–Crippen LogP) is 2.69. The van der Waals surface area contributed by atoms with Gasteiger partial charge in [0.05, 0.1) is 5.56 Å². The molecule has 16 heavy (non-hydrogen) atoms. The van der Waals surface area contributed by atoms with Crippen molar-refractivity contribution in [2.75, 3.05) is 11.9 Å². The van der Waals surface area contributed by atoms with Gasteiger partial charge >= 0.3 is 0 Å². The summed E-state index contributed by atoms with van der Waals surface area (Å²) in [6, 6.07) is 5.20. The van der Waals surface area contributed by atoms with E-state index in [1.807, 2.05) is 18.0 Å². The van der Waals surface area contributed by atoms with Crippen molar-refractivity contribution in [2.24, 2.45) is 5.73 Å². The Morgan fingerprint density at radius 3 is 2.69 bits per heavy atom. The van der Waals surface area contributed by atoms with Gasteiger partial charge in [0.25, 0.3) is 0 Å². The molecular formula is C12H17FN2S. The summed E-state index contributed by atoms with van der Waals surface area (Å²) in [4.78, 5) is 2.10. The summed E-state index contributed by atoms with van der Waals surface area (Å²) in [6.45, 7) is 4.16. The number of hydrogen-bond acceptors (Lipinski definition) is 2. The van der Waals surface area contributed by atoms with Gasteiger partial charge in [0.15, 0.2) is 0 Å². The van der Waals surface area contributed by atoms with Crippen molar-refractivity contribution in [3.8, 4) is 0 Å². The van der Waals surface area contributed by atoms with Crippen LogP contribution in [0.2, 0.25) is 0 Å². The van der Waals surface area contributed by atoms with E-state index in [1.165, 1.54) is 6.07 Å². The van der Waals surface area contributed by atoms with Crippen LogP contribution in [0, 0.1) is 5.82 Å². The molecule has 0 fully saturated rings. The van der Waals surface area contributed by atoms with Crippen molar-refractivity contribution < 1.29 is 4.39 Å². The monoisotopic (exact) mass is 240 g/mol. The number of halogens is 1. The number of nitrogens with zero attached hydrogens (tertiary/aromatic N) is 1. The molecule has 4 heteroatoms. The molecule has 1 unspecified atom stereocenters. The lowest BCUT2D eigenvalue weighted by Crippen LogP contribution is -2.30. The number of rotatable bonds is 4. The third-order valence-corrected chi connectivity index (χ3v) is 3.07. The number of anilines is 1. The maximum Gasteiger partial charge on any atom is 0.135 e. The average Bonchev–Trinajstić information content (AvgIpc) is 2.26. The van der Waals surface area contributed by atoms with E-state index in [-0.39, 0.29) is 10.8 Å². The highest BCUT2D eigenvalue weighted by Crippen LogP contribution is 2.24. The summed E-state index contributed by atoms with van der Waals surface area (Å²) in [7, 11) is 1.92. The first-order valence-corrected chi connectivity index (χ1v) is 5.71. The molecule has 0 aliphatic heterocycles. The molecule has 0 saturated carbocycles. The van der Waals surface area contributed by atoms with E-state index in [2.05, 4.69) is 13.8 Å². The van der Waals surface area contributed by atoms with Crippen molar-refractivity contribution in [3.63, 3.8) is 0 Å². The van der Waals surface area contributed by atoms with E-state index in [0.717, 1.165) is 12.1 Å². The third-order valence-electron chi connectivity index (χ3n) is 2.87. The largest absolute Gasteiger partial charge is 0.389 e. The molecule has 0 radical (unpaired) electrons. The third kappa shape index (κ3) is 2.50. The van der Waals surface area contributed by atoms with Crippen LogP contribution < -0.4 is 10.6 Å². The van der Waals surface area contributed by atoms with Crippen LogP contribution in [0.1, 0.15) is 25.8 Å². The van der Waals surface area contributed by atoms with Crippen LogP contribution in [-0.2, 0) is 0 Å². The zero-order chi connectivity index (χ0) is 12.3. The van der Waals surface area contributed by atoms with Gasteiger partial charge in [-0.25, -0.2) is 4.39 Å². The molecule has 88 valence electrons. The molecule has 2 N–H and O–H groups in total. The van der Waals surface area contributed by atoms with E-state index in [9.17, 15) is 4.39 Å².